The van der Waals surface area contributed by atoms with Gasteiger partial charge in [-0.05, 0) is 36.6 Å². The molecular formula is C22H26N2O4. The molecule has 2 atom stereocenters. The number of hydrogen-bond donors (Lipinski definition) is 1. The van der Waals surface area contributed by atoms with Gasteiger partial charge in [0, 0.05) is 25.6 Å². The highest BCUT2D eigenvalue weighted by Crippen LogP contribution is 2.52. The van der Waals surface area contributed by atoms with Crippen LogP contribution in [-0.4, -0.2) is 54.3 Å². The molecule has 148 valence electrons. The molecule has 2 aromatic carbocycles. The first-order valence-corrected chi connectivity index (χ1v) is 9.44. The van der Waals surface area contributed by atoms with Gasteiger partial charge in [0.2, 0.25) is 0 Å². The van der Waals surface area contributed by atoms with Gasteiger partial charge in [0.15, 0.2) is 17.2 Å². The molecule has 0 bridgehead atoms. The minimum Gasteiger partial charge on any atom is -0.493 e. The van der Waals surface area contributed by atoms with Crippen LogP contribution in [0.1, 0.15) is 23.6 Å². The number of ether oxygens (including phenoxy) is 2. The highest BCUT2D eigenvalue weighted by Gasteiger charge is 2.65. The Morgan fingerprint density at radius 2 is 1.75 bits per heavy atom. The zero-order valence-electron chi connectivity index (χ0n) is 16.7. The van der Waals surface area contributed by atoms with Crippen molar-refractivity contribution in [2.45, 2.75) is 31.0 Å². The number of amides is 2. The molecule has 0 aromatic heterocycles. The highest BCUT2D eigenvalue weighted by molar-refractivity contribution is 5.81. The normalized spacial score (nSPS) is 26.1. The van der Waals surface area contributed by atoms with Crippen LogP contribution < -0.4 is 9.47 Å². The second-order valence-corrected chi connectivity index (χ2v) is 7.72. The van der Waals surface area contributed by atoms with Gasteiger partial charge in [0.25, 0.3) is 0 Å². The average molecular weight is 382 g/mol. The third-order valence-electron chi connectivity index (χ3n) is 6.38. The van der Waals surface area contributed by atoms with Crippen LogP contribution in [0.3, 0.4) is 0 Å². The Balaban J connectivity index is 1.91. The van der Waals surface area contributed by atoms with Crippen LogP contribution in [0.15, 0.2) is 42.5 Å². The number of benzene rings is 2. The van der Waals surface area contributed by atoms with E-state index in [0.29, 0.717) is 36.4 Å². The third-order valence-corrected chi connectivity index (χ3v) is 6.38. The van der Waals surface area contributed by atoms with E-state index in [1.54, 1.807) is 31.1 Å². The number of methoxy groups -OCH3 is 2. The lowest BCUT2D eigenvalue weighted by molar-refractivity contribution is -0.137. The lowest BCUT2D eigenvalue weighted by atomic mass is 9.74. The molecule has 1 fully saturated rings. The van der Waals surface area contributed by atoms with Gasteiger partial charge in [0.05, 0.1) is 19.8 Å². The summed E-state index contributed by atoms with van der Waals surface area (Å²) in [5.41, 5.74) is 0.418. The van der Waals surface area contributed by atoms with Crippen molar-refractivity contribution in [3.8, 4) is 11.5 Å². The maximum atomic E-state index is 13.1. The number of carbonyl (C=O) groups excluding carboxylic acids is 1. The molecule has 2 aromatic rings. The number of nitrogens with zero attached hydrogens (tertiary/aromatic N) is 2. The number of likely N-dealkylation sites (N-methyl/N-ethyl adjacent to an activating group) is 1. The maximum absolute atomic E-state index is 13.1. The smallest absolute Gasteiger partial charge is 0.323 e. The number of aliphatic hydroxyl groups is 1. The van der Waals surface area contributed by atoms with E-state index in [4.69, 9.17) is 9.47 Å². The largest absolute Gasteiger partial charge is 0.493 e. The van der Waals surface area contributed by atoms with Gasteiger partial charge >= 0.3 is 6.03 Å². The van der Waals surface area contributed by atoms with Crippen LogP contribution in [0.5, 0.6) is 11.5 Å². The van der Waals surface area contributed by atoms with Gasteiger partial charge in [-0.25, -0.2) is 4.79 Å². The van der Waals surface area contributed by atoms with E-state index in [0.717, 1.165) is 11.1 Å². The first-order valence-electron chi connectivity index (χ1n) is 9.44. The predicted octanol–water partition coefficient (Wildman–Crippen LogP) is 2.77. The molecule has 0 saturated carbocycles. The van der Waals surface area contributed by atoms with Crippen LogP contribution in [0.2, 0.25) is 0 Å². The van der Waals surface area contributed by atoms with E-state index in [1.165, 1.54) is 0 Å². The zero-order valence-corrected chi connectivity index (χ0v) is 16.7. The maximum Gasteiger partial charge on any atom is 0.323 e. The van der Waals surface area contributed by atoms with Crippen molar-refractivity contribution in [2.24, 2.45) is 0 Å². The Morgan fingerprint density at radius 1 is 1.11 bits per heavy atom. The van der Waals surface area contributed by atoms with Crippen molar-refractivity contribution >= 4 is 6.03 Å². The van der Waals surface area contributed by atoms with Crippen molar-refractivity contribution in [3.05, 3.63) is 59.2 Å². The molecule has 2 heterocycles. The molecule has 6 nitrogen and oxygen atoms in total. The van der Waals surface area contributed by atoms with Gasteiger partial charge in [-0.15, -0.1) is 0 Å². The lowest BCUT2D eigenvalue weighted by Crippen LogP contribution is -2.60. The number of urea groups is 1. The van der Waals surface area contributed by atoms with Crippen molar-refractivity contribution in [2.75, 3.05) is 27.8 Å². The molecule has 1 saturated heterocycles. The fourth-order valence-corrected chi connectivity index (χ4v) is 4.67. The van der Waals surface area contributed by atoms with Crippen LogP contribution in [0.4, 0.5) is 4.79 Å². The summed E-state index contributed by atoms with van der Waals surface area (Å²) in [5, 5.41) is 12.1. The highest BCUT2D eigenvalue weighted by atomic mass is 16.5. The zero-order chi connectivity index (χ0) is 20.1. The minimum atomic E-state index is -1.47. The second kappa shape index (κ2) is 6.41. The molecule has 0 unspecified atom stereocenters. The summed E-state index contributed by atoms with van der Waals surface area (Å²) in [4.78, 5) is 16.3. The second-order valence-electron chi connectivity index (χ2n) is 7.72. The number of fused-ring (bicyclic) bond motifs is 3. The number of hydrogen-bond acceptors (Lipinski definition) is 4. The molecule has 28 heavy (non-hydrogen) atoms. The molecule has 6 heteroatoms. The van der Waals surface area contributed by atoms with E-state index in [9.17, 15) is 9.90 Å². The molecule has 2 aliphatic rings. The Hall–Kier alpha value is -2.73. The van der Waals surface area contributed by atoms with Crippen LogP contribution in [0, 0.1) is 0 Å². The Morgan fingerprint density at radius 3 is 2.39 bits per heavy atom. The van der Waals surface area contributed by atoms with Gasteiger partial charge in [0.1, 0.15) is 0 Å². The van der Waals surface area contributed by atoms with Crippen LogP contribution >= 0.6 is 0 Å². The third kappa shape index (κ3) is 2.34. The molecule has 2 aliphatic heterocycles. The van der Waals surface area contributed by atoms with Gasteiger partial charge < -0.3 is 19.5 Å². The molecule has 0 radical (unpaired) electrons. The average Bonchev–Trinajstić information content (AvgIpc) is 2.86. The summed E-state index contributed by atoms with van der Waals surface area (Å²) in [5.74, 6) is 1.17. The fraction of sp³-hybridized carbons (Fsp3) is 0.409. The van der Waals surface area contributed by atoms with Crippen molar-refractivity contribution in [1.82, 2.24) is 9.80 Å². The Kier molecular flexibility index (Phi) is 4.27. The van der Waals surface area contributed by atoms with E-state index in [-0.39, 0.29) is 6.03 Å². The summed E-state index contributed by atoms with van der Waals surface area (Å²) in [6, 6.07) is 13.5. The molecule has 0 aliphatic carbocycles. The lowest BCUT2D eigenvalue weighted by Gasteiger charge is -2.47. The van der Waals surface area contributed by atoms with Crippen LogP contribution in [0.25, 0.3) is 0 Å². The first kappa shape index (κ1) is 18.6. The molecular weight excluding hydrogens is 356 g/mol. The van der Waals surface area contributed by atoms with Crippen molar-refractivity contribution in [3.63, 3.8) is 0 Å². The Bertz CT molecular complexity index is 916. The van der Waals surface area contributed by atoms with Gasteiger partial charge in [-0.2, -0.15) is 0 Å². The summed E-state index contributed by atoms with van der Waals surface area (Å²) < 4.78 is 10.9. The van der Waals surface area contributed by atoms with Gasteiger partial charge in [-0.3, -0.25) is 4.90 Å². The fourth-order valence-electron chi connectivity index (χ4n) is 4.67. The predicted molar refractivity (Wildman–Crippen MR) is 106 cm³/mol. The summed E-state index contributed by atoms with van der Waals surface area (Å²) in [6.07, 6.45) is 1.18. The van der Waals surface area contributed by atoms with Gasteiger partial charge in [-0.1, -0.05) is 30.3 Å². The Labute approximate surface area is 165 Å². The van der Waals surface area contributed by atoms with E-state index >= 15 is 0 Å². The van der Waals surface area contributed by atoms with E-state index in [2.05, 4.69) is 0 Å². The van der Waals surface area contributed by atoms with E-state index < -0.39 is 11.3 Å². The SMILES string of the molecule is COc1cc2c(cc1OC)[C@]1(O)N(CC2)C(=O)N(C)[C@@]1(C)Cc1ccccc1. The minimum absolute atomic E-state index is 0.165. The first-order chi connectivity index (χ1) is 13.4. The molecule has 1 N–H and O–H groups in total. The summed E-state index contributed by atoms with van der Waals surface area (Å²) in [7, 11) is 4.94. The number of rotatable bonds is 4. The summed E-state index contributed by atoms with van der Waals surface area (Å²) in [6.45, 7) is 2.40. The van der Waals surface area contributed by atoms with Crippen molar-refractivity contribution in [1.29, 1.82) is 0 Å². The van der Waals surface area contributed by atoms with Crippen LogP contribution in [-0.2, 0) is 18.6 Å². The summed E-state index contributed by atoms with van der Waals surface area (Å²) >= 11 is 0. The monoisotopic (exact) mass is 382 g/mol. The van der Waals surface area contributed by atoms with Crippen molar-refractivity contribution < 1.29 is 19.4 Å². The topological polar surface area (TPSA) is 62.2 Å². The quantitative estimate of drug-likeness (QED) is 0.883. The standard InChI is InChI=1S/C22H26N2O4/c1-21(14-15-8-6-5-7-9-15)22(26)17-13-19(28-4)18(27-3)12-16(17)10-11-24(22)20(25)23(21)2/h5-9,12-13,26H,10-11,14H2,1-4H3/t21-,22+/m0/s1. The molecule has 4 rings (SSSR count). The number of carbonyl (C=O) groups is 1. The molecule has 2 amide bonds. The molecule has 0 spiro atoms. The van der Waals surface area contributed by atoms with E-state index in [1.807, 2.05) is 49.4 Å².